The third-order valence-corrected chi connectivity index (χ3v) is 6.57. The zero-order valence-corrected chi connectivity index (χ0v) is 21.8. The molecule has 2 N–H and O–H groups in total. The summed E-state index contributed by atoms with van der Waals surface area (Å²) >= 11 is 0. The zero-order chi connectivity index (χ0) is 26.2. The molecule has 0 atom stereocenters. The van der Waals surface area contributed by atoms with Gasteiger partial charge in [-0.15, -0.1) is 0 Å². The molecule has 1 amide bonds. The number of amides is 1. The van der Waals surface area contributed by atoms with E-state index in [1.54, 1.807) is 18.2 Å². The third-order valence-electron chi connectivity index (χ3n) is 6.57. The Balaban J connectivity index is 1.59. The Kier molecular flexibility index (Phi) is 8.75. The Morgan fingerprint density at radius 1 is 0.946 bits per heavy atom. The Labute approximate surface area is 219 Å². The minimum atomic E-state index is -0.442. The van der Waals surface area contributed by atoms with Crippen LogP contribution in [-0.4, -0.2) is 37.5 Å². The molecule has 0 aliphatic carbocycles. The van der Waals surface area contributed by atoms with Crippen molar-refractivity contribution in [1.82, 2.24) is 4.90 Å². The highest BCUT2D eigenvalue weighted by Crippen LogP contribution is 2.38. The van der Waals surface area contributed by atoms with Gasteiger partial charge in [0.25, 0.3) is 5.91 Å². The van der Waals surface area contributed by atoms with Crippen LogP contribution in [-0.2, 0) is 16.1 Å². The molecule has 37 heavy (non-hydrogen) atoms. The zero-order valence-electron chi connectivity index (χ0n) is 21.8. The summed E-state index contributed by atoms with van der Waals surface area (Å²) < 4.78 is 4.83. The minimum absolute atomic E-state index is 0.218. The number of benzene rings is 3. The lowest BCUT2D eigenvalue weighted by Crippen LogP contribution is -2.19. The molecule has 1 aliphatic rings. The van der Waals surface area contributed by atoms with E-state index in [1.807, 2.05) is 30.3 Å². The lowest BCUT2D eigenvalue weighted by atomic mass is 9.99. The number of nitrogens with one attached hydrogen (secondary N) is 2. The number of carbonyl (C=O) groups excluding carboxylic acids is 2. The average molecular weight is 498 g/mol. The standard InChI is InChI=1S/C31H35N3O3/c1-4-5-6-10-19-34(2)21-22-13-16-25(17-14-22)32-29(23-11-8-7-9-12-23)28-26-18-15-24(31(36)37-3)20-27(26)33-30(28)35/h7-9,11-18,20,32H,4-6,10,19,21H2,1-3H3,(H,33,35)/b29-28-. The number of rotatable bonds is 11. The van der Waals surface area contributed by atoms with Crippen LogP contribution in [0.4, 0.5) is 11.4 Å². The fraction of sp³-hybridized carbons (Fsp3) is 0.290. The number of methoxy groups -OCH3 is 1. The molecule has 192 valence electrons. The predicted octanol–water partition coefficient (Wildman–Crippen LogP) is 6.42. The Morgan fingerprint density at radius 3 is 2.41 bits per heavy atom. The van der Waals surface area contributed by atoms with Crippen molar-refractivity contribution in [1.29, 1.82) is 0 Å². The van der Waals surface area contributed by atoms with Crippen LogP contribution in [0.25, 0.3) is 11.3 Å². The van der Waals surface area contributed by atoms with E-state index < -0.39 is 5.97 Å². The lowest BCUT2D eigenvalue weighted by molar-refractivity contribution is -0.110. The van der Waals surface area contributed by atoms with Crippen molar-refractivity contribution in [3.05, 3.63) is 95.1 Å². The average Bonchev–Trinajstić information content (AvgIpc) is 3.25. The molecular weight excluding hydrogens is 462 g/mol. The summed E-state index contributed by atoms with van der Waals surface area (Å²) in [5, 5.41) is 6.41. The SMILES string of the molecule is CCCCCCN(C)Cc1ccc(N/C(=C2\C(=O)Nc3cc(C(=O)OC)ccc32)c2ccccc2)cc1. The molecule has 0 unspecified atom stereocenters. The third kappa shape index (κ3) is 6.46. The molecule has 0 fully saturated rings. The number of ether oxygens (including phenoxy) is 1. The van der Waals surface area contributed by atoms with Gasteiger partial charge in [-0.1, -0.05) is 74.7 Å². The number of unbranched alkanes of at least 4 members (excludes halogenated alkanes) is 3. The molecule has 1 aliphatic heterocycles. The van der Waals surface area contributed by atoms with Gasteiger partial charge in [0.05, 0.1) is 29.6 Å². The van der Waals surface area contributed by atoms with E-state index in [-0.39, 0.29) is 5.91 Å². The fourth-order valence-corrected chi connectivity index (χ4v) is 4.59. The maximum atomic E-state index is 13.2. The van der Waals surface area contributed by atoms with Crippen LogP contribution in [0.2, 0.25) is 0 Å². The summed E-state index contributed by atoms with van der Waals surface area (Å²) in [5.41, 5.74) is 6.01. The van der Waals surface area contributed by atoms with E-state index >= 15 is 0 Å². The summed E-state index contributed by atoms with van der Waals surface area (Å²) in [6.45, 7) is 4.23. The largest absolute Gasteiger partial charge is 0.465 e. The van der Waals surface area contributed by atoms with Crippen molar-refractivity contribution < 1.29 is 14.3 Å². The lowest BCUT2D eigenvalue weighted by Gasteiger charge is -2.18. The second-order valence-electron chi connectivity index (χ2n) is 9.44. The first-order valence-corrected chi connectivity index (χ1v) is 12.9. The molecule has 0 saturated carbocycles. The number of fused-ring (bicyclic) bond motifs is 1. The molecule has 6 heteroatoms. The van der Waals surface area contributed by atoms with E-state index in [2.05, 4.69) is 53.8 Å². The second-order valence-corrected chi connectivity index (χ2v) is 9.44. The molecule has 0 saturated heterocycles. The number of hydrogen-bond donors (Lipinski definition) is 2. The molecule has 1 heterocycles. The van der Waals surface area contributed by atoms with Gasteiger partial charge >= 0.3 is 5.97 Å². The van der Waals surface area contributed by atoms with Crippen LogP contribution in [0.3, 0.4) is 0 Å². The van der Waals surface area contributed by atoms with Gasteiger partial charge in [0, 0.05) is 17.8 Å². The Morgan fingerprint density at radius 2 is 1.70 bits per heavy atom. The van der Waals surface area contributed by atoms with E-state index in [4.69, 9.17) is 4.74 Å². The molecule has 6 nitrogen and oxygen atoms in total. The fourth-order valence-electron chi connectivity index (χ4n) is 4.59. The van der Waals surface area contributed by atoms with Crippen molar-refractivity contribution in [2.24, 2.45) is 0 Å². The molecule has 4 rings (SSSR count). The first kappa shape index (κ1) is 26.2. The Hall–Kier alpha value is -3.90. The summed E-state index contributed by atoms with van der Waals surface area (Å²) in [7, 11) is 3.51. The van der Waals surface area contributed by atoms with E-state index in [1.165, 1.54) is 38.4 Å². The van der Waals surface area contributed by atoms with Crippen LogP contribution >= 0.6 is 0 Å². The minimum Gasteiger partial charge on any atom is -0.465 e. The maximum absolute atomic E-state index is 13.2. The monoisotopic (exact) mass is 497 g/mol. The van der Waals surface area contributed by atoms with Crippen LogP contribution in [0.5, 0.6) is 0 Å². The molecule has 0 bridgehead atoms. The van der Waals surface area contributed by atoms with Crippen LogP contribution in [0, 0.1) is 0 Å². The number of nitrogens with zero attached hydrogens (tertiary/aromatic N) is 1. The van der Waals surface area contributed by atoms with Gasteiger partial charge in [-0.25, -0.2) is 4.79 Å². The van der Waals surface area contributed by atoms with Crippen LogP contribution < -0.4 is 10.6 Å². The van der Waals surface area contributed by atoms with Crippen molar-refractivity contribution in [3.63, 3.8) is 0 Å². The number of esters is 1. The summed E-state index contributed by atoms with van der Waals surface area (Å²) in [4.78, 5) is 27.5. The molecule has 3 aromatic rings. The number of carbonyl (C=O) groups is 2. The van der Waals surface area contributed by atoms with Gasteiger partial charge in [0.2, 0.25) is 0 Å². The molecule has 3 aromatic carbocycles. The summed E-state index contributed by atoms with van der Waals surface area (Å²) in [6.07, 6.45) is 5.05. The molecule has 0 aromatic heterocycles. The highest BCUT2D eigenvalue weighted by atomic mass is 16.5. The normalized spacial score (nSPS) is 13.8. The van der Waals surface area contributed by atoms with Crippen LogP contribution in [0.15, 0.2) is 72.8 Å². The van der Waals surface area contributed by atoms with Gasteiger partial charge < -0.3 is 20.3 Å². The predicted molar refractivity (Wildman–Crippen MR) is 150 cm³/mol. The maximum Gasteiger partial charge on any atom is 0.337 e. The van der Waals surface area contributed by atoms with Crippen LogP contribution in [0.1, 0.15) is 59.7 Å². The topological polar surface area (TPSA) is 70.7 Å². The quantitative estimate of drug-likeness (QED) is 0.182. The number of anilines is 2. The van der Waals surface area contributed by atoms with Crippen molar-refractivity contribution in [3.8, 4) is 0 Å². The molecule has 0 radical (unpaired) electrons. The molecule has 0 spiro atoms. The first-order valence-electron chi connectivity index (χ1n) is 12.9. The smallest absolute Gasteiger partial charge is 0.337 e. The highest BCUT2D eigenvalue weighted by molar-refractivity contribution is 6.37. The van der Waals surface area contributed by atoms with Gasteiger partial charge in [-0.05, 0) is 55.4 Å². The Bertz CT molecular complexity index is 1270. The van der Waals surface area contributed by atoms with Gasteiger partial charge in [-0.3, -0.25) is 4.79 Å². The number of hydrogen-bond acceptors (Lipinski definition) is 5. The van der Waals surface area contributed by atoms with Gasteiger partial charge in [0.1, 0.15) is 0 Å². The van der Waals surface area contributed by atoms with E-state index in [0.717, 1.165) is 29.9 Å². The van der Waals surface area contributed by atoms with E-state index in [0.29, 0.717) is 22.5 Å². The molecular formula is C31H35N3O3. The van der Waals surface area contributed by atoms with E-state index in [9.17, 15) is 9.59 Å². The highest BCUT2D eigenvalue weighted by Gasteiger charge is 2.29. The summed E-state index contributed by atoms with van der Waals surface area (Å²) in [5.74, 6) is -0.660. The van der Waals surface area contributed by atoms with Crippen molar-refractivity contribution >= 4 is 34.5 Å². The second kappa shape index (κ2) is 12.4. The van der Waals surface area contributed by atoms with Crippen molar-refractivity contribution in [2.75, 3.05) is 31.3 Å². The van der Waals surface area contributed by atoms with Gasteiger partial charge in [-0.2, -0.15) is 0 Å². The first-order chi connectivity index (χ1) is 18.0. The van der Waals surface area contributed by atoms with Gasteiger partial charge in [0.15, 0.2) is 0 Å². The summed E-state index contributed by atoms with van der Waals surface area (Å²) in [6, 6.07) is 23.3. The van der Waals surface area contributed by atoms with Crippen molar-refractivity contribution in [2.45, 2.75) is 39.2 Å².